The fourth-order valence-corrected chi connectivity index (χ4v) is 3.03. The molecule has 0 bridgehead atoms. The van der Waals surface area contributed by atoms with Gasteiger partial charge in [-0.3, -0.25) is 4.79 Å². The molecule has 138 valence electrons. The topological polar surface area (TPSA) is 78.3 Å². The molecule has 2 aromatic carbocycles. The molecule has 27 heavy (non-hydrogen) atoms. The van der Waals surface area contributed by atoms with Crippen LogP contribution in [0, 0.1) is 0 Å². The van der Waals surface area contributed by atoms with Gasteiger partial charge in [-0.25, -0.2) is 9.67 Å². The number of nitrogens with zero attached hydrogens (tertiary/aromatic N) is 3. The Labute approximate surface area is 160 Å². The summed E-state index contributed by atoms with van der Waals surface area (Å²) in [5.41, 5.74) is 2.29. The lowest BCUT2D eigenvalue weighted by atomic mass is 10.1. The molecule has 0 fully saturated rings. The van der Waals surface area contributed by atoms with Crippen LogP contribution in [-0.2, 0) is 11.2 Å². The number of nitrogens with one attached hydrogen (secondary N) is 1. The number of ether oxygens (including phenoxy) is 2. The van der Waals surface area contributed by atoms with Crippen LogP contribution in [0.15, 0.2) is 49.1 Å². The quantitative estimate of drug-likeness (QED) is 0.730. The minimum absolute atomic E-state index is 0.117. The maximum Gasteiger partial charge on any atom is 0.224 e. The first kappa shape index (κ1) is 17.4. The zero-order valence-electron chi connectivity index (χ0n) is 14.4. The molecule has 0 saturated heterocycles. The molecule has 0 atom stereocenters. The number of benzene rings is 2. The third kappa shape index (κ3) is 4.03. The van der Waals surface area contributed by atoms with E-state index >= 15 is 0 Å². The summed E-state index contributed by atoms with van der Waals surface area (Å²) in [5.74, 6) is 1.35. The molecule has 1 aliphatic rings. The molecule has 0 spiro atoms. The molecule has 1 aromatic heterocycles. The minimum atomic E-state index is -0.117. The number of halogens is 1. The predicted octanol–water partition coefficient (Wildman–Crippen LogP) is 3.26. The van der Waals surface area contributed by atoms with Crippen molar-refractivity contribution in [2.75, 3.05) is 18.5 Å². The number of hydrogen-bond donors (Lipinski definition) is 1. The summed E-state index contributed by atoms with van der Waals surface area (Å²) in [7, 11) is 0. The van der Waals surface area contributed by atoms with Crippen LogP contribution in [0.1, 0.15) is 12.0 Å². The second kappa shape index (κ2) is 7.67. The van der Waals surface area contributed by atoms with Crippen LogP contribution in [0.4, 0.5) is 5.69 Å². The number of aryl methyl sites for hydroxylation is 1. The van der Waals surface area contributed by atoms with Gasteiger partial charge < -0.3 is 14.8 Å². The van der Waals surface area contributed by atoms with Gasteiger partial charge in [0, 0.05) is 11.4 Å². The number of fused-ring (bicyclic) bond motifs is 1. The average Bonchev–Trinajstić information content (AvgIpc) is 3.21. The monoisotopic (exact) mass is 384 g/mol. The van der Waals surface area contributed by atoms with E-state index in [0.29, 0.717) is 42.5 Å². The van der Waals surface area contributed by atoms with E-state index in [4.69, 9.17) is 21.1 Å². The third-order valence-electron chi connectivity index (χ3n) is 4.15. The van der Waals surface area contributed by atoms with Crippen LogP contribution in [0.25, 0.3) is 5.69 Å². The molecule has 4 rings (SSSR count). The number of aromatic nitrogens is 3. The number of carbonyl (C=O) groups excluding carboxylic acids is 1. The fraction of sp³-hybridized carbons (Fsp3) is 0.211. The molecule has 0 unspecified atom stereocenters. The van der Waals surface area contributed by atoms with Crippen molar-refractivity contribution in [3.8, 4) is 17.2 Å². The largest absolute Gasteiger partial charge is 0.486 e. The van der Waals surface area contributed by atoms with E-state index in [1.54, 1.807) is 29.2 Å². The summed E-state index contributed by atoms with van der Waals surface area (Å²) in [4.78, 5) is 16.4. The normalized spacial score (nSPS) is 12.6. The summed E-state index contributed by atoms with van der Waals surface area (Å²) in [6.45, 7) is 1.10. The molecule has 7 nitrogen and oxygen atoms in total. The third-order valence-corrected chi connectivity index (χ3v) is 4.38. The predicted molar refractivity (Wildman–Crippen MR) is 101 cm³/mol. The van der Waals surface area contributed by atoms with Crippen molar-refractivity contribution in [3.63, 3.8) is 0 Å². The molecule has 0 radical (unpaired) electrons. The summed E-state index contributed by atoms with van der Waals surface area (Å²) in [5, 5.41) is 7.54. The van der Waals surface area contributed by atoms with E-state index < -0.39 is 0 Å². The Bertz CT molecular complexity index is 960. The number of amides is 1. The van der Waals surface area contributed by atoms with Crippen LogP contribution in [-0.4, -0.2) is 33.9 Å². The molecule has 1 aliphatic heterocycles. The standard InChI is InChI=1S/C19H17ClN4O3/c20-14-3-4-16(24-12-21-11-22-24)15(10-14)23-19(25)6-2-13-1-5-17-18(9-13)27-8-7-26-17/h1,3-5,9-12H,2,6-8H2,(H,23,25). The second-order valence-electron chi connectivity index (χ2n) is 6.03. The Morgan fingerprint density at radius 1 is 1.15 bits per heavy atom. The summed E-state index contributed by atoms with van der Waals surface area (Å²) >= 11 is 6.08. The van der Waals surface area contributed by atoms with Crippen molar-refractivity contribution < 1.29 is 14.3 Å². The van der Waals surface area contributed by atoms with Gasteiger partial charge in [0.1, 0.15) is 25.9 Å². The van der Waals surface area contributed by atoms with Crippen molar-refractivity contribution in [1.82, 2.24) is 14.8 Å². The Kier molecular flexibility index (Phi) is 4.93. The zero-order valence-corrected chi connectivity index (χ0v) is 15.1. The lowest BCUT2D eigenvalue weighted by Crippen LogP contribution is -2.16. The first-order chi connectivity index (χ1) is 13.2. The van der Waals surface area contributed by atoms with Gasteiger partial charge in [0.15, 0.2) is 11.5 Å². The highest BCUT2D eigenvalue weighted by Crippen LogP contribution is 2.31. The van der Waals surface area contributed by atoms with Crippen molar-refractivity contribution in [2.45, 2.75) is 12.8 Å². The maximum absolute atomic E-state index is 12.5. The highest BCUT2D eigenvalue weighted by Gasteiger charge is 2.13. The van der Waals surface area contributed by atoms with Crippen LogP contribution in [0.2, 0.25) is 5.02 Å². The van der Waals surface area contributed by atoms with Crippen molar-refractivity contribution in [1.29, 1.82) is 0 Å². The number of carbonyl (C=O) groups is 1. The van der Waals surface area contributed by atoms with E-state index in [2.05, 4.69) is 15.4 Å². The second-order valence-corrected chi connectivity index (χ2v) is 6.46. The van der Waals surface area contributed by atoms with Crippen molar-refractivity contribution in [2.24, 2.45) is 0 Å². The number of anilines is 1. The van der Waals surface area contributed by atoms with E-state index in [1.165, 1.54) is 6.33 Å². The Balaban J connectivity index is 1.43. The molecule has 0 aliphatic carbocycles. The molecular weight excluding hydrogens is 368 g/mol. The molecule has 1 amide bonds. The summed E-state index contributed by atoms with van der Waals surface area (Å²) < 4.78 is 12.7. The van der Waals surface area contributed by atoms with Crippen LogP contribution in [0.3, 0.4) is 0 Å². The summed E-state index contributed by atoms with van der Waals surface area (Å²) in [6, 6.07) is 11.0. The highest BCUT2D eigenvalue weighted by atomic mass is 35.5. The first-order valence-electron chi connectivity index (χ1n) is 8.52. The SMILES string of the molecule is O=C(CCc1ccc2c(c1)OCCO2)Nc1cc(Cl)ccc1-n1cncn1. The van der Waals surface area contributed by atoms with Gasteiger partial charge in [0.05, 0.1) is 11.4 Å². The van der Waals surface area contributed by atoms with Crippen molar-refractivity contribution >= 4 is 23.2 Å². The molecule has 8 heteroatoms. The van der Waals surface area contributed by atoms with Gasteiger partial charge in [0.2, 0.25) is 5.91 Å². The fourth-order valence-electron chi connectivity index (χ4n) is 2.85. The van der Waals surface area contributed by atoms with Gasteiger partial charge in [0.25, 0.3) is 0 Å². The minimum Gasteiger partial charge on any atom is -0.486 e. The van der Waals surface area contributed by atoms with Crippen LogP contribution < -0.4 is 14.8 Å². The lowest BCUT2D eigenvalue weighted by molar-refractivity contribution is -0.116. The number of rotatable bonds is 5. The molecule has 0 saturated carbocycles. The Morgan fingerprint density at radius 2 is 2.00 bits per heavy atom. The van der Waals surface area contributed by atoms with Gasteiger partial charge in [-0.05, 0) is 42.3 Å². The van der Waals surface area contributed by atoms with Gasteiger partial charge >= 0.3 is 0 Å². The van der Waals surface area contributed by atoms with E-state index in [1.807, 2.05) is 18.2 Å². The van der Waals surface area contributed by atoms with Gasteiger partial charge in [-0.15, -0.1) is 0 Å². The number of hydrogen-bond acceptors (Lipinski definition) is 5. The van der Waals surface area contributed by atoms with Crippen LogP contribution >= 0.6 is 11.6 Å². The van der Waals surface area contributed by atoms with Gasteiger partial charge in [-0.2, -0.15) is 5.10 Å². The Morgan fingerprint density at radius 3 is 2.81 bits per heavy atom. The van der Waals surface area contributed by atoms with Crippen LogP contribution in [0.5, 0.6) is 11.5 Å². The zero-order chi connectivity index (χ0) is 18.6. The molecule has 1 N–H and O–H groups in total. The van der Waals surface area contributed by atoms with Gasteiger partial charge in [-0.1, -0.05) is 17.7 Å². The maximum atomic E-state index is 12.5. The average molecular weight is 385 g/mol. The summed E-state index contributed by atoms with van der Waals surface area (Å²) in [6.07, 6.45) is 3.90. The molecule has 2 heterocycles. The highest BCUT2D eigenvalue weighted by molar-refractivity contribution is 6.31. The van der Waals surface area contributed by atoms with Crippen molar-refractivity contribution in [3.05, 3.63) is 59.6 Å². The van der Waals surface area contributed by atoms with E-state index in [-0.39, 0.29) is 5.91 Å². The van der Waals surface area contributed by atoms with E-state index in [9.17, 15) is 4.79 Å². The smallest absolute Gasteiger partial charge is 0.224 e. The Hall–Kier alpha value is -3.06. The first-order valence-corrected chi connectivity index (χ1v) is 8.90. The molecule has 3 aromatic rings. The van der Waals surface area contributed by atoms with E-state index in [0.717, 1.165) is 17.1 Å². The molecular formula is C19H17ClN4O3. The lowest BCUT2D eigenvalue weighted by Gasteiger charge is -2.18.